The van der Waals surface area contributed by atoms with Gasteiger partial charge < -0.3 is 25.2 Å². The van der Waals surface area contributed by atoms with Crippen molar-refractivity contribution in [1.82, 2.24) is 15.5 Å². The predicted octanol–water partition coefficient (Wildman–Crippen LogP) is 3.21. The first-order valence-corrected chi connectivity index (χ1v) is 11.3. The molecule has 0 aromatic heterocycles. The zero-order chi connectivity index (χ0) is 20.6. The Morgan fingerprint density at radius 3 is 2.72 bits per heavy atom. The third-order valence-electron chi connectivity index (χ3n) is 6.04. The van der Waals surface area contributed by atoms with Crippen LogP contribution in [0, 0.1) is 5.92 Å². The van der Waals surface area contributed by atoms with Crippen LogP contribution in [0.1, 0.15) is 32.6 Å². The highest BCUT2D eigenvalue weighted by molar-refractivity contribution is 6.30. The fourth-order valence-electron chi connectivity index (χ4n) is 4.37. The summed E-state index contributed by atoms with van der Waals surface area (Å²) in [6.45, 7) is 8.83. The zero-order valence-electron chi connectivity index (χ0n) is 18.1. The molecule has 0 amide bonds. The van der Waals surface area contributed by atoms with Crippen LogP contribution in [0.3, 0.4) is 0 Å². The molecule has 2 fully saturated rings. The van der Waals surface area contributed by atoms with Crippen molar-refractivity contribution >= 4 is 23.2 Å². The number of hydrogen-bond acceptors (Lipinski definition) is 4. The van der Waals surface area contributed by atoms with Crippen molar-refractivity contribution in [3.8, 4) is 5.75 Å². The average Bonchev–Trinajstić information content (AvgIpc) is 3.20. The SMILES string of the molecule is CCCN1CCC(CNC(=NC)NC2CCN(c3cc(Cl)ccc3OC)C2)CC1. The molecular weight excluding hydrogens is 386 g/mol. The van der Waals surface area contributed by atoms with Crippen LogP contribution in [0.25, 0.3) is 0 Å². The first-order chi connectivity index (χ1) is 14.1. The second kappa shape index (κ2) is 10.9. The Morgan fingerprint density at radius 1 is 1.24 bits per heavy atom. The summed E-state index contributed by atoms with van der Waals surface area (Å²) in [7, 11) is 3.56. The minimum absolute atomic E-state index is 0.358. The molecule has 1 atom stereocenters. The molecular formula is C22H36ClN5O. The van der Waals surface area contributed by atoms with Gasteiger partial charge >= 0.3 is 0 Å². The van der Waals surface area contributed by atoms with Gasteiger partial charge in [-0.25, -0.2) is 0 Å². The summed E-state index contributed by atoms with van der Waals surface area (Å²) in [4.78, 5) is 9.36. The van der Waals surface area contributed by atoms with Crippen LogP contribution in [-0.4, -0.2) is 70.3 Å². The number of piperidine rings is 1. The lowest BCUT2D eigenvalue weighted by atomic mass is 9.97. The maximum absolute atomic E-state index is 6.21. The van der Waals surface area contributed by atoms with Crippen molar-refractivity contribution in [3.05, 3.63) is 23.2 Å². The van der Waals surface area contributed by atoms with Crippen LogP contribution in [0.5, 0.6) is 5.75 Å². The van der Waals surface area contributed by atoms with Gasteiger partial charge in [-0.15, -0.1) is 0 Å². The molecule has 1 aromatic rings. The standard InChI is InChI=1S/C22H36ClN5O/c1-4-10-27-11-7-17(8-12-27)15-25-22(24-2)26-19-9-13-28(16-19)20-14-18(23)5-6-21(20)29-3/h5-6,14,17,19H,4,7-13,15-16H2,1-3H3,(H2,24,25,26). The van der Waals surface area contributed by atoms with Gasteiger partial charge in [-0.3, -0.25) is 4.99 Å². The Bertz CT molecular complexity index is 675. The summed E-state index contributed by atoms with van der Waals surface area (Å²) in [5.41, 5.74) is 1.06. The number of methoxy groups -OCH3 is 1. The molecule has 3 rings (SSSR count). The molecule has 2 saturated heterocycles. The highest BCUT2D eigenvalue weighted by Gasteiger charge is 2.26. The van der Waals surface area contributed by atoms with E-state index in [2.05, 4.69) is 32.3 Å². The van der Waals surface area contributed by atoms with Gasteiger partial charge in [-0.2, -0.15) is 0 Å². The maximum atomic E-state index is 6.21. The molecule has 1 unspecified atom stereocenters. The predicted molar refractivity (Wildman–Crippen MR) is 123 cm³/mol. The second-order valence-electron chi connectivity index (χ2n) is 8.13. The number of nitrogens with zero attached hydrogens (tertiary/aromatic N) is 3. The molecule has 0 aliphatic carbocycles. The fourth-order valence-corrected chi connectivity index (χ4v) is 4.53. The van der Waals surface area contributed by atoms with Gasteiger partial charge in [-0.05, 0) is 69.4 Å². The molecule has 0 spiro atoms. The van der Waals surface area contributed by atoms with Crippen LogP contribution < -0.4 is 20.3 Å². The van der Waals surface area contributed by atoms with E-state index in [1.54, 1.807) is 7.11 Å². The molecule has 7 heteroatoms. The van der Waals surface area contributed by atoms with Gasteiger partial charge in [0, 0.05) is 37.7 Å². The van der Waals surface area contributed by atoms with E-state index in [9.17, 15) is 0 Å². The van der Waals surface area contributed by atoms with Gasteiger partial charge in [0.15, 0.2) is 5.96 Å². The summed E-state index contributed by atoms with van der Waals surface area (Å²) in [5, 5.41) is 7.89. The smallest absolute Gasteiger partial charge is 0.191 e. The lowest BCUT2D eigenvalue weighted by Gasteiger charge is -2.32. The Balaban J connectivity index is 1.46. The number of anilines is 1. The third kappa shape index (κ3) is 6.16. The van der Waals surface area contributed by atoms with E-state index in [0.717, 1.165) is 54.4 Å². The van der Waals surface area contributed by atoms with Crippen LogP contribution in [0.4, 0.5) is 5.69 Å². The Hall–Kier alpha value is -1.66. The first kappa shape index (κ1) is 22.0. The maximum Gasteiger partial charge on any atom is 0.191 e. The molecule has 0 bridgehead atoms. The zero-order valence-corrected chi connectivity index (χ0v) is 18.8. The average molecular weight is 422 g/mol. The van der Waals surface area contributed by atoms with Gasteiger partial charge in [0.1, 0.15) is 5.75 Å². The minimum atomic E-state index is 0.358. The highest BCUT2D eigenvalue weighted by Crippen LogP contribution is 2.33. The molecule has 29 heavy (non-hydrogen) atoms. The van der Waals surface area contributed by atoms with E-state index < -0.39 is 0 Å². The molecule has 2 aliphatic rings. The number of benzene rings is 1. The summed E-state index contributed by atoms with van der Waals surface area (Å²) in [6.07, 6.45) is 4.86. The molecule has 0 radical (unpaired) electrons. The lowest BCUT2D eigenvalue weighted by molar-refractivity contribution is 0.185. The Morgan fingerprint density at radius 2 is 2.03 bits per heavy atom. The van der Waals surface area contributed by atoms with E-state index in [0.29, 0.717) is 6.04 Å². The Labute approximate surface area is 180 Å². The normalized spacial score (nSPS) is 21.4. The fraction of sp³-hybridized carbons (Fsp3) is 0.682. The highest BCUT2D eigenvalue weighted by atomic mass is 35.5. The number of ether oxygens (including phenoxy) is 1. The molecule has 1 aromatic carbocycles. The van der Waals surface area contributed by atoms with Crippen LogP contribution in [0.15, 0.2) is 23.2 Å². The van der Waals surface area contributed by atoms with Crippen LogP contribution in [-0.2, 0) is 0 Å². The van der Waals surface area contributed by atoms with Crippen molar-refractivity contribution in [2.75, 3.05) is 58.3 Å². The summed E-state index contributed by atoms with van der Waals surface area (Å²) < 4.78 is 5.52. The number of aliphatic imine (C=N–C) groups is 1. The van der Waals surface area contributed by atoms with Gasteiger partial charge in [-0.1, -0.05) is 18.5 Å². The van der Waals surface area contributed by atoms with Gasteiger partial charge in [0.2, 0.25) is 0 Å². The van der Waals surface area contributed by atoms with Crippen LogP contribution in [0.2, 0.25) is 5.02 Å². The van der Waals surface area contributed by atoms with Crippen molar-refractivity contribution in [2.45, 2.75) is 38.6 Å². The number of likely N-dealkylation sites (tertiary alicyclic amines) is 1. The lowest BCUT2D eigenvalue weighted by Crippen LogP contribution is -2.47. The number of guanidine groups is 1. The summed E-state index contributed by atoms with van der Waals surface area (Å²) in [5.74, 6) is 2.51. The molecule has 6 nitrogen and oxygen atoms in total. The second-order valence-corrected chi connectivity index (χ2v) is 8.57. The molecule has 0 saturated carbocycles. The number of halogens is 1. The molecule has 2 heterocycles. The first-order valence-electron chi connectivity index (χ1n) is 10.9. The van der Waals surface area contributed by atoms with E-state index in [1.807, 2.05) is 25.2 Å². The molecule has 162 valence electrons. The largest absolute Gasteiger partial charge is 0.495 e. The minimum Gasteiger partial charge on any atom is -0.495 e. The van der Waals surface area contributed by atoms with Crippen molar-refractivity contribution in [2.24, 2.45) is 10.9 Å². The van der Waals surface area contributed by atoms with E-state index >= 15 is 0 Å². The monoisotopic (exact) mass is 421 g/mol. The number of nitrogens with one attached hydrogen (secondary N) is 2. The van der Waals surface area contributed by atoms with Crippen molar-refractivity contribution in [3.63, 3.8) is 0 Å². The third-order valence-corrected chi connectivity index (χ3v) is 6.27. The Kier molecular flexibility index (Phi) is 8.30. The van der Waals surface area contributed by atoms with Crippen molar-refractivity contribution < 1.29 is 4.74 Å². The topological polar surface area (TPSA) is 52.1 Å². The van der Waals surface area contributed by atoms with Gasteiger partial charge in [0.05, 0.1) is 12.8 Å². The summed E-state index contributed by atoms with van der Waals surface area (Å²) in [6, 6.07) is 6.15. The number of rotatable bonds is 7. The summed E-state index contributed by atoms with van der Waals surface area (Å²) >= 11 is 6.21. The quantitative estimate of drug-likeness (QED) is 0.523. The van der Waals surface area contributed by atoms with Gasteiger partial charge in [0.25, 0.3) is 0 Å². The van der Waals surface area contributed by atoms with E-state index in [4.69, 9.17) is 16.3 Å². The van der Waals surface area contributed by atoms with E-state index in [1.165, 1.54) is 38.9 Å². The molecule has 2 aliphatic heterocycles. The number of hydrogen-bond donors (Lipinski definition) is 2. The molecule has 2 N–H and O–H groups in total. The van der Waals surface area contributed by atoms with E-state index in [-0.39, 0.29) is 0 Å². The van der Waals surface area contributed by atoms with Crippen molar-refractivity contribution in [1.29, 1.82) is 0 Å². The van der Waals surface area contributed by atoms with Crippen LogP contribution >= 0.6 is 11.6 Å².